The number of halogens is 2. The summed E-state index contributed by atoms with van der Waals surface area (Å²) in [4.78, 5) is 11.3. The van der Waals surface area contributed by atoms with Gasteiger partial charge in [0.25, 0.3) is 0 Å². The lowest BCUT2D eigenvalue weighted by atomic mass is 10.2. The predicted molar refractivity (Wildman–Crippen MR) is 91.2 cm³/mol. The van der Waals surface area contributed by atoms with E-state index >= 15 is 0 Å². The Morgan fingerprint density at radius 1 is 1.29 bits per heavy atom. The van der Waals surface area contributed by atoms with Crippen molar-refractivity contribution in [1.29, 1.82) is 0 Å². The van der Waals surface area contributed by atoms with E-state index in [1.54, 1.807) is 0 Å². The number of benzene rings is 1. The first kappa shape index (κ1) is 21.3. The number of hydrogen-bond donors (Lipinski definition) is 0. The van der Waals surface area contributed by atoms with Crippen molar-refractivity contribution < 1.29 is 32.3 Å². The summed E-state index contributed by atoms with van der Waals surface area (Å²) >= 11 is 3.13. The normalized spacial score (nSPS) is 14.8. The minimum atomic E-state index is -3.72. The van der Waals surface area contributed by atoms with E-state index < -0.39 is 32.5 Å². The minimum Gasteiger partial charge on any atom is -0.469 e. The first-order chi connectivity index (χ1) is 11.5. The number of hydrogen-bond acceptors (Lipinski definition) is 6. The molecule has 0 radical (unpaired) electrons. The highest BCUT2D eigenvalue weighted by atomic mass is 79.9. The second-order valence-electron chi connectivity index (χ2n) is 4.74. The number of methoxy groups -OCH3 is 1. The summed E-state index contributed by atoms with van der Waals surface area (Å²) < 4.78 is 45.8. The topological polar surface area (TPSA) is 71.1 Å². The van der Waals surface area contributed by atoms with Gasteiger partial charge in [-0.15, -0.1) is 0 Å². The van der Waals surface area contributed by atoms with Crippen LogP contribution in [0.1, 0.15) is 5.56 Å². The Hall–Kier alpha value is -0.790. The van der Waals surface area contributed by atoms with Gasteiger partial charge in [-0.2, -0.15) is 0 Å². The molecule has 0 aliphatic carbocycles. The zero-order chi connectivity index (χ0) is 17.8. The van der Waals surface area contributed by atoms with Gasteiger partial charge in [0.15, 0.2) is 0 Å². The molecule has 1 aromatic rings. The molecule has 0 aliphatic heterocycles. The zero-order valence-corrected chi connectivity index (χ0v) is 15.8. The summed E-state index contributed by atoms with van der Waals surface area (Å²) in [5, 5.41) is 0.415. The maximum atomic E-state index is 13.1. The number of ether oxygens (including phenoxy) is 2. The van der Waals surface area contributed by atoms with Crippen molar-refractivity contribution in [3.63, 3.8) is 0 Å². The number of carbonyl (C=O) groups is 1. The van der Waals surface area contributed by atoms with Gasteiger partial charge >= 0.3 is 13.6 Å². The average Bonchev–Trinajstić information content (AvgIpc) is 2.61. The van der Waals surface area contributed by atoms with Gasteiger partial charge in [0.1, 0.15) is 18.9 Å². The van der Waals surface area contributed by atoms with Gasteiger partial charge in [-0.25, -0.2) is 4.39 Å². The highest BCUT2D eigenvalue weighted by Gasteiger charge is 2.30. The maximum absolute atomic E-state index is 13.1. The molecular formula is C15H21BrFO6P. The van der Waals surface area contributed by atoms with Crippen LogP contribution < -0.4 is 0 Å². The molecule has 0 heterocycles. The van der Waals surface area contributed by atoms with Crippen molar-refractivity contribution in [2.75, 3.05) is 38.5 Å². The summed E-state index contributed by atoms with van der Waals surface area (Å²) in [5.41, 5.74) is 0.879. The van der Waals surface area contributed by atoms with Crippen LogP contribution in [-0.2, 0) is 34.5 Å². The second kappa shape index (κ2) is 11.7. The fraction of sp³-hybridized carbons (Fsp3) is 0.533. The van der Waals surface area contributed by atoms with Gasteiger partial charge in [-0.1, -0.05) is 46.3 Å². The van der Waals surface area contributed by atoms with Gasteiger partial charge in [0, 0.05) is 5.33 Å². The van der Waals surface area contributed by atoms with Crippen molar-refractivity contribution in [3.8, 4) is 0 Å². The lowest BCUT2D eigenvalue weighted by Crippen LogP contribution is -2.23. The van der Waals surface area contributed by atoms with E-state index in [4.69, 9.17) is 13.8 Å². The zero-order valence-electron chi connectivity index (χ0n) is 13.4. The Balaban J connectivity index is 2.54. The van der Waals surface area contributed by atoms with Crippen LogP contribution in [0.15, 0.2) is 30.3 Å². The molecule has 0 bridgehead atoms. The predicted octanol–water partition coefficient (Wildman–Crippen LogP) is 3.34. The number of rotatable bonds is 12. The molecule has 136 valence electrons. The smallest absolute Gasteiger partial charge is 0.341 e. The van der Waals surface area contributed by atoms with Crippen LogP contribution >= 0.6 is 23.5 Å². The fourth-order valence-corrected chi connectivity index (χ4v) is 3.52. The third-order valence-corrected chi connectivity index (χ3v) is 4.96. The van der Waals surface area contributed by atoms with Gasteiger partial charge in [-0.05, 0) is 5.56 Å². The summed E-state index contributed by atoms with van der Waals surface area (Å²) in [6.45, 7) is -0.828. The molecule has 0 N–H and O–H groups in total. The standard InChI is InChI=1S/C15H21BrFO6P/c1-20-15(18)12-24(19,22-8-7-16)23-11-14(9-17)21-10-13-5-3-2-4-6-13/h2-6,14H,7-12H2,1H3/t14-,24?/m1/s1. The second-order valence-corrected chi connectivity index (χ2v) is 7.58. The van der Waals surface area contributed by atoms with Crippen LogP contribution in [0.5, 0.6) is 0 Å². The van der Waals surface area contributed by atoms with E-state index in [-0.39, 0.29) is 19.8 Å². The molecule has 0 saturated heterocycles. The molecule has 2 atom stereocenters. The summed E-state index contributed by atoms with van der Waals surface area (Å²) in [5.74, 6) is -0.727. The molecular weight excluding hydrogens is 406 g/mol. The molecule has 0 fully saturated rings. The molecule has 0 spiro atoms. The van der Waals surface area contributed by atoms with Crippen molar-refractivity contribution in [2.45, 2.75) is 12.7 Å². The lowest BCUT2D eigenvalue weighted by Gasteiger charge is -2.20. The van der Waals surface area contributed by atoms with E-state index in [1.165, 1.54) is 7.11 Å². The fourth-order valence-electron chi connectivity index (χ4n) is 1.65. The van der Waals surface area contributed by atoms with E-state index in [2.05, 4.69) is 20.7 Å². The molecule has 24 heavy (non-hydrogen) atoms. The highest BCUT2D eigenvalue weighted by Crippen LogP contribution is 2.48. The highest BCUT2D eigenvalue weighted by molar-refractivity contribution is 9.09. The third-order valence-electron chi connectivity index (χ3n) is 2.87. The third kappa shape index (κ3) is 8.35. The molecule has 0 saturated carbocycles. The molecule has 0 aromatic heterocycles. The van der Waals surface area contributed by atoms with E-state index in [9.17, 15) is 13.8 Å². The Morgan fingerprint density at radius 2 is 2.00 bits per heavy atom. The van der Waals surface area contributed by atoms with E-state index in [0.29, 0.717) is 5.33 Å². The van der Waals surface area contributed by atoms with Crippen LogP contribution in [0.25, 0.3) is 0 Å². The molecule has 1 unspecified atom stereocenters. The SMILES string of the molecule is COC(=O)CP(=O)(OCCBr)OC[C@@H](CF)OCc1ccccc1. The molecule has 9 heteroatoms. The van der Waals surface area contributed by atoms with Crippen molar-refractivity contribution in [1.82, 2.24) is 0 Å². The maximum Gasteiger partial charge on any atom is 0.341 e. The van der Waals surface area contributed by atoms with Crippen LogP contribution in [0.2, 0.25) is 0 Å². The Labute approximate surface area is 149 Å². The molecule has 0 amide bonds. The van der Waals surface area contributed by atoms with Crippen LogP contribution in [0.3, 0.4) is 0 Å². The van der Waals surface area contributed by atoms with Crippen LogP contribution in [0.4, 0.5) is 4.39 Å². The van der Waals surface area contributed by atoms with Gasteiger partial charge in [0.2, 0.25) is 0 Å². The van der Waals surface area contributed by atoms with Gasteiger partial charge < -0.3 is 18.5 Å². The van der Waals surface area contributed by atoms with Crippen molar-refractivity contribution in [2.24, 2.45) is 0 Å². The molecule has 0 aliphatic rings. The number of carbonyl (C=O) groups excluding carboxylic acids is 1. The first-order valence-corrected chi connectivity index (χ1v) is 10.1. The molecule has 1 aromatic carbocycles. The minimum absolute atomic E-state index is 0.0828. The number of esters is 1. The molecule has 6 nitrogen and oxygen atoms in total. The average molecular weight is 427 g/mol. The van der Waals surface area contributed by atoms with Crippen molar-refractivity contribution in [3.05, 3.63) is 35.9 Å². The Morgan fingerprint density at radius 3 is 2.58 bits per heavy atom. The van der Waals surface area contributed by atoms with Crippen molar-refractivity contribution >= 4 is 29.5 Å². The largest absolute Gasteiger partial charge is 0.469 e. The van der Waals surface area contributed by atoms with Gasteiger partial charge in [-0.3, -0.25) is 9.36 Å². The lowest BCUT2D eigenvalue weighted by molar-refractivity contribution is -0.137. The van der Waals surface area contributed by atoms with Crippen LogP contribution in [-0.4, -0.2) is 50.6 Å². The molecule has 1 rings (SSSR count). The Bertz CT molecular complexity index is 530. The monoisotopic (exact) mass is 426 g/mol. The quantitative estimate of drug-likeness (QED) is 0.290. The Kier molecular flexibility index (Phi) is 10.4. The van der Waals surface area contributed by atoms with E-state index in [1.807, 2.05) is 30.3 Å². The van der Waals surface area contributed by atoms with Gasteiger partial charge in [0.05, 0.1) is 26.9 Å². The first-order valence-electron chi connectivity index (χ1n) is 7.25. The summed E-state index contributed by atoms with van der Waals surface area (Å²) in [6, 6.07) is 9.25. The number of alkyl halides is 2. The summed E-state index contributed by atoms with van der Waals surface area (Å²) in [6.07, 6.45) is -1.45. The van der Waals surface area contributed by atoms with Crippen LogP contribution in [0, 0.1) is 0 Å². The summed E-state index contributed by atoms with van der Waals surface area (Å²) in [7, 11) is -2.55. The van der Waals surface area contributed by atoms with E-state index in [0.717, 1.165) is 5.56 Å².